The Balaban J connectivity index is 1.79. The van der Waals surface area contributed by atoms with Gasteiger partial charge in [0.15, 0.2) is 0 Å². The Morgan fingerprint density at radius 1 is 1.30 bits per heavy atom. The summed E-state index contributed by atoms with van der Waals surface area (Å²) in [5.41, 5.74) is 1.26. The maximum Gasteiger partial charge on any atom is 0.345 e. The van der Waals surface area contributed by atoms with Gasteiger partial charge in [-0.15, -0.1) is 11.3 Å². The minimum atomic E-state index is -0.841. The van der Waals surface area contributed by atoms with E-state index < -0.39 is 5.97 Å². The molecular weight excluding hydrogens is 272 g/mol. The van der Waals surface area contributed by atoms with E-state index in [9.17, 15) is 4.79 Å². The van der Waals surface area contributed by atoms with Gasteiger partial charge in [-0.2, -0.15) is 0 Å². The molecule has 106 valence electrons. The van der Waals surface area contributed by atoms with Crippen LogP contribution in [-0.2, 0) is 6.54 Å². The number of carboxylic acids is 1. The van der Waals surface area contributed by atoms with Crippen molar-refractivity contribution < 1.29 is 9.90 Å². The summed E-state index contributed by atoms with van der Waals surface area (Å²) in [7, 11) is 0. The first-order valence-electron chi connectivity index (χ1n) is 6.91. The molecule has 1 aromatic carbocycles. The average molecular weight is 290 g/mol. The van der Waals surface area contributed by atoms with Crippen molar-refractivity contribution in [3.8, 4) is 0 Å². The number of thiophene rings is 1. The van der Waals surface area contributed by atoms with Gasteiger partial charge < -0.3 is 10.4 Å². The van der Waals surface area contributed by atoms with Crippen LogP contribution in [0, 0.1) is 0 Å². The third-order valence-corrected chi connectivity index (χ3v) is 4.72. The Labute approximate surface area is 122 Å². The molecule has 2 N–H and O–H groups in total. The van der Waals surface area contributed by atoms with E-state index >= 15 is 0 Å². The second-order valence-electron chi connectivity index (χ2n) is 5.17. The molecule has 0 bridgehead atoms. The molecular formula is C15H18N2O2S. The van der Waals surface area contributed by atoms with Gasteiger partial charge in [0.05, 0.1) is 0 Å². The Hall–Kier alpha value is -1.43. The molecule has 1 aromatic heterocycles. The minimum Gasteiger partial charge on any atom is -0.477 e. The van der Waals surface area contributed by atoms with E-state index in [1.54, 1.807) is 6.07 Å². The quantitative estimate of drug-likeness (QED) is 0.911. The zero-order valence-corrected chi connectivity index (χ0v) is 12.1. The molecule has 1 aliphatic rings. The van der Waals surface area contributed by atoms with Crippen LogP contribution in [0.5, 0.6) is 0 Å². The van der Waals surface area contributed by atoms with Gasteiger partial charge >= 0.3 is 5.97 Å². The number of hydrogen-bond donors (Lipinski definition) is 2. The molecule has 3 rings (SSSR count). The summed E-state index contributed by atoms with van der Waals surface area (Å²) in [6, 6.07) is 8.02. The van der Waals surface area contributed by atoms with E-state index in [0.717, 1.165) is 42.8 Å². The van der Waals surface area contributed by atoms with E-state index in [2.05, 4.69) is 22.3 Å². The lowest BCUT2D eigenvalue weighted by molar-refractivity contribution is 0.0702. The highest BCUT2D eigenvalue weighted by atomic mass is 32.1. The molecule has 0 atom stereocenters. The largest absolute Gasteiger partial charge is 0.477 e. The van der Waals surface area contributed by atoms with Crippen molar-refractivity contribution in [2.75, 3.05) is 26.2 Å². The molecule has 1 fully saturated rings. The van der Waals surface area contributed by atoms with Gasteiger partial charge in [-0.3, -0.25) is 4.90 Å². The Morgan fingerprint density at radius 2 is 2.20 bits per heavy atom. The van der Waals surface area contributed by atoms with Crippen LogP contribution in [0.15, 0.2) is 24.3 Å². The molecule has 0 aliphatic carbocycles. The maximum atomic E-state index is 11.0. The second kappa shape index (κ2) is 5.91. The van der Waals surface area contributed by atoms with E-state index in [1.165, 1.54) is 23.3 Å². The minimum absolute atomic E-state index is 0.413. The van der Waals surface area contributed by atoms with Crippen LogP contribution >= 0.6 is 11.3 Å². The highest BCUT2D eigenvalue weighted by Gasteiger charge is 2.11. The normalized spacial score (nSPS) is 17.2. The van der Waals surface area contributed by atoms with Crippen LogP contribution < -0.4 is 5.32 Å². The van der Waals surface area contributed by atoms with Gasteiger partial charge in [0.2, 0.25) is 0 Å². The van der Waals surface area contributed by atoms with E-state index in [0.29, 0.717) is 4.88 Å². The highest BCUT2D eigenvalue weighted by Crippen LogP contribution is 2.27. The third-order valence-electron chi connectivity index (χ3n) is 3.63. The van der Waals surface area contributed by atoms with Crippen LogP contribution in [0.1, 0.15) is 21.7 Å². The highest BCUT2D eigenvalue weighted by molar-refractivity contribution is 7.20. The van der Waals surface area contributed by atoms with Crippen molar-refractivity contribution in [1.82, 2.24) is 10.2 Å². The molecule has 1 saturated heterocycles. The molecule has 0 radical (unpaired) electrons. The number of fused-ring (bicyclic) bond motifs is 1. The number of hydrogen-bond acceptors (Lipinski definition) is 4. The first kappa shape index (κ1) is 13.5. The maximum absolute atomic E-state index is 11.0. The van der Waals surface area contributed by atoms with Crippen LogP contribution in [0.2, 0.25) is 0 Å². The third kappa shape index (κ3) is 3.00. The standard InChI is InChI=1S/C15H18N2O2S/c18-15(19)14-9-12-3-2-11(8-13(12)20-14)10-17-6-1-4-16-5-7-17/h2-3,8-9,16H,1,4-7,10H2,(H,18,19). The van der Waals surface area contributed by atoms with Gasteiger partial charge in [-0.25, -0.2) is 4.79 Å². The lowest BCUT2D eigenvalue weighted by Gasteiger charge is -2.19. The van der Waals surface area contributed by atoms with Gasteiger partial charge in [0, 0.05) is 24.3 Å². The zero-order valence-electron chi connectivity index (χ0n) is 11.3. The second-order valence-corrected chi connectivity index (χ2v) is 6.25. The Bertz CT molecular complexity index is 615. The number of aromatic carboxylic acids is 1. The molecule has 1 aliphatic heterocycles. The number of nitrogens with one attached hydrogen (secondary N) is 1. The topological polar surface area (TPSA) is 52.6 Å². The monoisotopic (exact) mass is 290 g/mol. The predicted octanol–water partition coefficient (Wildman–Crippen LogP) is 2.39. The fourth-order valence-corrected chi connectivity index (χ4v) is 3.56. The Kier molecular flexibility index (Phi) is 4.00. The fourth-order valence-electron chi connectivity index (χ4n) is 2.60. The van der Waals surface area contributed by atoms with Crippen molar-refractivity contribution in [2.24, 2.45) is 0 Å². The first-order chi connectivity index (χ1) is 9.72. The van der Waals surface area contributed by atoms with Crippen LogP contribution in [-0.4, -0.2) is 42.2 Å². The van der Waals surface area contributed by atoms with E-state index in [1.807, 2.05) is 6.07 Å². The molecule has 2 heterocycles. The van der Waals surface area contributed by atoms with Gasteiger partial charge in [-0.1, -0.05) is 12.1 Å². The van der Waals surface area contributed by atoms with Crippen LogP contribution in [0.3, 0.4) is 0 Å². The molecule has 0 saturated carbocycles. The molecule has 0 amide bonds. The number of benzene rings is 1. The molecule has 2 aromatic rings. The van der Waals surface area contributed by atoms with Crippen molar-refractivity contribution >= 4 is 27.4 Å². The summed E-state index contributed by atoms with van der Waals surface area (Å²) < 4.78 is 1.06. The summed E-state index contributed by atoms with van der Waals surface area (Å²) in [5.74, 6) is -0.841. The molecule has 5 heteroatoms. The van der Waals surface area contributed by atoms with Crippen molar-refractivity contribution in [1.29, 1.82) is 0 Å². The first-order valence-corrected chi connectivity index (χ1v) is 7.73. The average Bonchev–Trinajstić information content (AvgIpc) is 2.69. The summed E-state index contributed by atoms with van der Waals surface area (Å²) in [5, 5.41) is 13.5. The smallest absolute Gasteiger partial charge is 0.345 e. The van der Waals surface area contributed by atoms with Crippen LogP contribution in [0.4, 0.5) is 0 Å². The van der Waals surface area contributed by atoms with Crippen LogP contribution in [0.25, 0.3) is 10.1 Å². The number of rotatable bonds is 3. The summed E-state index contributed by atoms with van der Waals surface area (Å²) in [6.45, 7) is 5.28. The number of nitrogens with zero attached hydrogens (tertiary/aromatic N) is 1. The van der Waals surface area contributed by atoms with Gasteiger partial charge in [0.1, 0.15) is 4.88 Å². The van der Waals surface area contributed by atoms with Gasteiger partial charge in [-0.05, 0) is 42.6 Å². The molecule has 20 heavy (non-hydrogen) atoms. The Morgan fingerprint density at radius 3 is 3.05 bits per heavy atom. The van der Waals surface area contributed by atoms with E-state index in [-0.39, 0.29) is 0 Å². The number of carboxylic acid groups (broad SMARTS) is 1. The van der Waals surface area contributed by atoms with Crippen molar-refractivity contribution in [3.63, 3.8) is 0 Å². The fraction of sp³-hybridized carbons (Fsp3) is 0.400. The molecule has 0 unspecified atom stereocenters. The SMILES string of the molecule is O=C(O)c1cc2ccc(CN3CCCNCC3)cc2s1. The predicted molar refractivity (Wildman–Crippen MR) is 81.5 cm³/mol. The van der Waals surface area contributed by atoms with Crippen molar-refractivity contribution in [3.05, 3.63) is 34.7 Å². The summed E-state index contributed by atoms with van der Waals surface area (Å²) in [6.07, 6.45) is 1.18. The molecule has 0 spiro atoms. The van der Waals surface area contributed by atoms with E-state index in [4.69, 9.17) is 5.11 Å². The van der Waals surface area contributed by atoms with Gasteiger partial charge in [0.25, 0.3) is 0 Å². The van der Waals surface area contributed by atoms with Crippen molar-refractivity contribution in [2.45, 2.75) is 13.0 Å². The number of carbonyl (C=O) groups is 1. The summed E-state index contributed by atoms with van der Waals surface area (Å²) in [4.78, 5) is 13.9. The zero-order chi connectivity index (χ0) is 13.9. The lowest BCUT2D eigenvalue weighted by Crippen LogP contribution is -2.27. The molecule has 4 nitrogen and oxygen atoms in total. The summed E-state index contributed by atoms with van der Waals surface area (Å²) >= 11 is 1.36. The lowest BCUT2D eigenvalue weighted by atomic mass is 10.1.